The van der Waals surface area contributed by atoms with Gasteiger partial charge in [0.1, 0.15) is 0 Å². The van der Waals surface area contributed by atoms with Gasteiger partial charge in [-0.1, -0.05) is 13.8 Å². The van der Waals surface area contributed by atoms with Crippen LogP contribution in [0.3, 0.4) is 0 Å². The molecule has 0 unspecified atom stereocenters. The molecule has 0 aromatic rings. The van der Waals surface area contributed by atoms with Crippen molar-refractivity contribution in [2.24, 2.45) is 10.9 Å². The molecule has 3 nitrogen and oxygen atoms in total. The quantitative estimate of drug-likeness (QED) is 0.539. The highest BCUT2D eigenvalue weighted by molar-refractivity contribution is 5.31. The van der Waals surface area contributed by atoms with E-state index in [9.17, 15) is 0 Å². The van der Waals surface area contributed by atoms with E-state index in [1.165, 1.54) is 5.70 Å². The number of ether oxygens (including phenoxy) is 1. The molecule has 0 bridgehead atoms. The van der Waals surface area contributed by atoms with E-state index in [1.807, 2.05) is 0 Å². The van der Waals surface area contributed by atoms with Crippen LogP contribution in [0.1, 0.15) is 20.8 Å². The highest BCUT2D eigenvalue weighted by Crippen LogP contribution is 2.12. The molecule has 0 atom stereocenters. The van der Waals surface area contributed by atoms with Gasteiger partial charge >= 0.3 is 0 Å². The van der Waals surface area contributed by atoms with Gasteiger partial charge in [0.25, 0.3) is 0 Å². The van der Waals surface area contributed by atoms with Crippen LogP contribution >= 0.6 is 0 Å². The second kappa shape index (κ2) is 6.48. The number of rotatable bonds is 4. The van der Waals surface area contributed by atoms with Crippen molar-refractivity contribution in [1.29, 1.82) is 0 Å². The molecule has 16 heavy (non-hydrogen) atoms. The minimum Gasteiger partial charge on any atom is -0.378 e. The zero-order chi connectivity index (χ0) is 12.0. The van der Waals surface area contributed by atoms with Crippen molar-refractivity contribution in [2.45, 2.75) is 20.8 Å². The summed E-state index contributed by atoms with van der Waals surface area (Å²) in [6, 6.07) is 0. The molecule has 1 aliphatic heterocycles. The van der Waals surface area contributed by atoms with Crippen LogP contribution in [0, 0.1) is 5.92 Å². The van der Waals surface area contributed by atoms with Crippen LogP contribution in [-0.2, 0) is 4.74 Å². The van der Waals surface area contributed by atoms with Gasteiger partial charge in [0.2, 0.25) is 0 Å². The van der Waals surface area contributed by atoms with E-state index in [4.69, 9.17) is 4.74 Å². The highest BCUT2D eigenvalue weighted by atomic mass is 16.5. The molecule has 0 aromatic carbocycles. The third kappa shape index (κ3) is 3.81. The highest BCUT2D eigenvalue weighted by Gasteiger charge is 2.09. The zero-order valence-corrected chi connectivity index (χ0v) is 10.6. The predicted molar refractivity (Wildman–Crippen MR) is 68.6 cm³/mol. The van der Waals surface area contributed by atoms with Crippen molar-refractivity contribution in [1.82, 2.24) is 4.90 Å². The Morgan fingerprint density at radius 1 is 1.31 bits per heavy atom. The summed E-state index contributed by atoms with van der Waals surface area (Å²) in [4.78, 5) is 6.36. The summed E-state index contributed by atoms with van der Waals surface area (Å²) in [5.41, 5.74) is 2.30. The van der Waals surface area contributed by atoms with Gasteiger partial charge in [-0.2, -0.15) is 0 Å². The van der Waals surface area contributed by atoms with Crippen molar-refractivity contribution in [3.8, 4) is 0 Å². The van der Waals surface area contributed by atoms with Gasteiger partial charge in [-0.3, -0.25) is 4.99 Å². The summed E-state index contributed by atoms with van der Waals surface area (Å²) < 4.78 is 5.32. The van der Waals surface area contributed by atoms with Crippen LogP contribution in [0.2, 0.25) is 0 Å². The smallest absolute Gasteiger partial charge is 0.0642 e. The number of allylic oxidation sites excluding steroid dienone is 4. The second-order valence-corrected chi connectivity index (χ2v) is 4.31. The molecule has 0 aliphatic carbocycles. The van der Waals surface area contributed by atoms with Gasteiger partial charge in [0.05, 0.1) is 13.2 Å². The average Bonchev–Trinajstić information content (AvgIpc) is 2.30. The lowest BCUT2D eigenvalue weighted by molar-refractivity contribution is 0.0537. The maximum absolute atomic E-state index is 5.32. The van der Waals surface area contributed by atoms with E-state index in [2.05, 4.69) is 49.5 Å². The van der Waals surface area contributed by atoms with Crippen molar-refractivity contribution in [2.75, 3.05) is 26.3 Å². The average molecular weight is 222 g/mol. The molecule has 1 rings (SSSR count). The van der Waals surface area contributed by atoms with E-state index in [0.29, 0.717) is 5.92 Å². The summed E-state index contributed by atoms with van der Waals surface area (Å²) in [7, 11) is 0. The van der Waals surface area contributed by atoms with Crippen LogP contribution in [0.5, 0.6) is 0 Å². The first-order valence-corrected chi connectivity index (χ1v) is 5.83. The molecular weight excluding hydrogens is 200 g/mol. The van der Waals surface area contributed by atoms with E-state index < -0.39 is 0 Å². The van der Waals surface area contributed by atoms with Gasteiger partial charge in [0.15, 0.2) is 0 Å². The van der Waals surface area contributed by atoms with Gasteiger partial charge in [-0.05, 0) is 31.7 Å². The summed E-state index contributed by atoms with van der Waals surface area (Å²) in [5, 5.41) is 0. The fourth-order valence-electron chi connectivity index (χ4n) is 1.66. The van der Waals surface area contributed by atoms with Crippen molar-refractivity contribution in [3.05, 3.63) is 23.5 Å². The lowest BCUT2D eigenvalue weighted by Crippen LogP contribution is -2.34. The third-order valence-corrected chi connectivity index (χ3v) is 2.78. The number of hydrogen-bond acceptors (Lipinski definition) is 3. The molecule has 3 heteroatoms. The minimum absolute atomic E-state index is 0.422. The summed E-state index contributed by atoms with van der Waals surface area (Å²) >= 11 is 0. The standard InChI is InChI=1S/C13H22N2O/c1-11(2)13(14-4)6-5-12(3)15-7-9-16-10-8-15/h5-6,11H,4,7-10H2,1-3H3/b12-5+,13-6-. The van der Waals surface area contributed by atoms with Crippen LogP contribution in [0.15, 0.2) is 28.5 Å². The first-order chi connectivity index (χ1) is 7.65. The molecule has 1 saturated heterocycles. The molecule has 0 spiro atoms. The van der Waals surface area contributed by atoms with Crippen molar-refractivity contribution in [3.63, 3.8) is 0 Å². The molecule has 0 radical (unpaired) electrons. The third-order valence-electron chi connectivity index (χ3n) is 2.78. The lowest BCUT2D eigenvalue weighted by atomic mass is 10.1. The molecule has 0 aromatic heterocycles. The molecular formula is C13H22N2O. The molecule has 1 heterocycles. The molecule has 1 aliphatic rings. The van der Waals surface area contributed by atoms with Crippen LogP contribution in [-0.4, -0.2) is 37.9 Å². The topological polar surface area (TPSA) is 24.8 Å². The van der Waals surface area contributed by atoms with E-state index in [0.717, 1.165) is 32.0 Å². The first kappa shape index (κ1) is 13.0. The van der Waals surface area contributed by atoms with Gasteiger partial charge in [-0.15, -0.1) is 0 Å². The Morgan fingerprint density at radius 2 is 1.94 bits per heavy atom. The number of aliphatic imine (C=N–C) groups is 1. The van der Waals surface area contributed by atoms with Crippen LogP contribution < -0.4 is 0 Å². The van der Waals surface area contributed by atoms with Gasteiger partial charge in [0, 0.05) is 24.5 Å². The largest absolute Gasteiger partial charge is 0.378 e. The van der Waals surface area contributed by atoms with E-state index >= 15 is 0 Å². The molecule has 0 amide bonds. The zero-order valence-electron chi connectivity index (χ0n) is 10.6. The number of nitrogens with zero attached hydrogens (tertiary/aromatic N) is 2. The maximum Gasteiger partial charge on any atom is 0.0642 e. The Kier molecular flexibility index (Phi) is 5.26. The Hall–Kier alpha value is -1.09. The number of hydrogen-bond donors (Lipinski definition) is 0. The Labute approximate surface area is 98.5 Å². The van der Waals surface area contributed by atoms with Crippen molar-refractivity contribution >= 4 is 6.72 Å². The lowest BCUT2D eigenvalue weighted by Gasteiger charge is -2.29. The van der Waals surface area contributed by atoms with Crippen LogP contribution in [0.4, 0.5) is 0 Å². The second-order valence-electron chi connectivity index (χ2n) is 4.31. The Balaban J connectivity index is 2.63. The summed E-state index contributed by atoms with van der Waals surface area (Å²) in [6.07, 6.45) is 4.18. The summed E-state index contributed by atoms with van der Waals surface area (Å²) in [6.45, 7) is 13.6. The fraction of sp³-hybridized carbons (Fsp3) is 0.615. The van der Waals surface area contributed by atoms with Crippen LogP contribution in [0.25, 0.3) is 0 Å². The normalized spacial score (nSPS) is 19.1. The molecule has 90 valence electrons. The van der Waals surface area contributed by atoms with E-state index in [1.54, 1.807) is 0 Å². The minimum atomic E-state index is 0.422. The molecule has 0 saturated carbocycles. The van der Waals surface area contributed by atoms with Crippen molar-refractivity contribution < 1.29 is 4.74 Å². The monoisotopic (exact) mass is 222 g/mol. The van der Waals surface area contributed by atoms with E-state index in [-0.39, 0.29) is 0 Å². The first-order valence-electron chi connectivity index (χ1n) is 5.83. The summed E-state index contributed by atoms with van der Waals surface area (Å²) in [5.74, 6) is 0.422. The predicted octanol–water partition coefficient (Wildman–Crippen LogP) is 2.46. The number of morpholine rings is 1. The Bertz CT molecular complexity index is 286. The Morgan fingerprint density at radius 3 is 2.44 bits per heavy atom. The molecule has 1 fully saturated rings. The SMILES string of the molecule is C=N/C(=C\C=C(/C)N1CCOCC1)C(C)C. The van der Waals surface area contributed by atoms with Gasteiger partial charge < -0.3 is 9.64 Å². The van der Waals surface area contributed by atoms with Gasteiger partial charge in [-0.25, -0.2) is 0 Å². The fourth-order valence-corrected chi connectivity index (χ4v) is 1.66. The molecule has 0 N–H and O–H groups in total. The maximum atomic E-state index is 5.32.